The molecule has 1 N–H and O–H groups in total. The molecule has 0 heterocycles. The summed E-state index contributed by atoms with van der Waals surface area (Å²) in [4.78, 5) is 0. The molecule has 1 fully saturated rings. The molecule has 0 radical (unpaired) electrons. The first-order chi connectivity index (χ1) is 6.84. The van der Waals surface area contributed by atoms with Gasteiger partial charge in [-0.25, -0.2) is 0 Å². The molecule has 1 aliphatic rings. The molecule has 0 spiro atoms. The van der Waals surface area contributed by atoms with Gasteiger partial charge in [0.15, 0.2) is 0 Å². The summed E-state index contributed by atoms with van der Waals surface area (Å²) in [6.45, 7) is 3.57. The molecule has 0 aromatic heterocycles. The number of nitrogens with one attached hydrogen (secondary N) is 1. The number of hydrogen-bond acceptors (Lipinski definition) is 2. The van der Waals surface area contributed by atoms with E-state index in [9.17, 15) is 0 Å². The van der Waals surface area contributed by atoms with E-state index in [0.717, 1.165) is 12.0 Å². The van der Waals surface area contributed by atoms with Crippen LogP contribution in [0.4, 0.5) is 0 Å². The second-order valence-electron chi connectivity index (χ2n) is 4.49. The highest BCUT2D eigenvalue weighted by Crippen LogP contribution is 2.32. The van der Waals surface area contributed by atoms with Crippen molar-refractivity contribution in [2.75, 3.05) is 18.6 Å². The third-order valence-electron chi connectivity index (χ3n) is 3.07. The molecule has 2 heteroatoms. The molecule has 0 aromatic rings. The van der Waals surface area contributed by atoms with Crippen LogP contribution in [0, 0.1) is 5.92 Å². The highest BCUT2D eigenvalue weighted by molar-refractivity contribution is 7.98. The molecule has 0 bridgehead atoms. The average Bonchev–Trinajstić information content (AvgIpc) is 2.99. The van der Waals surface area contributed by atoms with E-state index in [2.05, 4.69) is 18.5 Å². The van der Waals surface area contributed by atoms with Gasteiger partial charge >= 0.3 is 0 Å². The largest absolute Gasteiger partial charge is 0.314 e. The van der Waals surface area contributed by atoms with Crippen molar-refractivity contribution < 1.29 is 0 Å². The normalized spacial score (nSPS) is 18.4. The summed E-state index contributed by atoms with van der Waals surface area (Å²) < 4.78 is 0. The van der Waals surface area contributed by atoms with Crippen molar-refractivity contribution in [3.8, 4) is 0 Å². The topological polar surface area (TPSA) is 12.0 Å². The second kappa shape index (κ2) is 7.58. The minimum absolute atomic E-state index is 0.779. The van der Waals surface area contributed by atoms with Crippen molar-refractivity contribution in [1.29, 1.82) is 0 Å². The molecule has 84 valence electrons. The summed E-state index contributed by atoms with van der Waals surface area (Å²) in [7, 11) is 0. The molecular formula is C12H25NS. The second-order valence-corrected chi connectivity index (χ2v) is 5.47. The Balaban J connectivity index is 1.75. The Labute approximate surface area is 93.4 Å². The molecule has 1 atom stereocenters. The van der Waals surface area contributed by atoms with Gasteiger partial charge in [-0.3, -0.25) is 0 Å². The zero-order valence-electron chi connectivity index (χ0n) is 9.72. The van der Waals surface area contributed by atoms with Crippen LogP contribution in [0.15, 0.2) is 0 Å². The number of rotatable bonds is 9. The molecule has 1 unspecified atom stereocenters. The van der Waals surface area contributed by atoms with E-state index < -0.39 is 0 Å². The Bertz CT molecular complexity index is 134. The molecule has 1 aliphatic carbocycles. The maximum Gasteiger partial charge on any atom is 0.00669 e. The van der Waals surface area contributed by atoms with Gasteiger partial charge in [-0.1, -0.05) is 12.8 Å². The predicted molar refractivity (Wildman–Crippen MR) is 67.0 cm³/mol. The van der Waals surface area contributed by atoms with Crippen molar-refractivity contribution >= 4 is 11.8 Å². The van der Waals surface area contributed by atoms with Crippen LogP contribution in [0.5, 0.6) is 0 Å². The van der Waals surface area contributed by atoms with Gasteiger partial charge < -0.3 is 5.32 Å². The van der Waals surface area contributed by atoms with E-state index in [4.69, 9.17) is 0 Å². The van der Waals surface area contributed by atoms with Crippen LogP contribution < -0.4 is 5.32 Å². The Kier molecular flexibility index (Phi) is 6.70. The van der Waals surface area contributed by atoms with Crippen LogP contribution in [0.1, 0.15) is 45.4 Å². The van der Waals surface area contributed by atoms with Gasteiger partial charge in [0, 0.05) is 6.04 Å². The number of hydrogen-bond donors (Lipinski definition) is 1. The predicted octanol–water partition coefficient (Wildman–Crippen LogP) is 3.30. The fraction of sp³-hybridized carbons (Fsp3) is 1.00. The van der Waals surface area contributed by atoms with Crippen molar-refractivity contribution in [2.45, 2.75) is 51.5 Å². The van der Waals surface area contributed by atoms with E-state index in [-0.39, 0.29) is 0 Å². The Hall–Kier alpha value is 0.310. The summed E-state index contributed by atoms with van der Waals surface area (Å²) in [5.41, 5.74) is 0. The lowest BCUT2D eigenvalue weighted by Gasteiger charge is -2.11. The van der Waals surface area contributed by atoms with Crippen molar-refractivity contribution in [1.82, 2.24) is 5.32 Å². The monoisotopic (exact) mass is 215 g/mol. The summed E-state index contributed by atoms with van der Waals surface area (Å²) in [6, 6.07) is 0.779. The zero-order chi connectivity index (χ0) is 10.2. The Morgan fingerprint density at radius 1 is 1.21 bits per heavy atom. The van der Waals surface area contributed by atoms with Gasteiger partial charge in [-0.2, -0.15) is 11.8 Å². The van der Waals surface area contributed by atoms with Gasteiger partial charge in [-0.15, -0.1) is 0 Å². The van der Waals surface area contributed by atoms with Crippen LogP contribution in [0.3, 0.4) is 0 Å². The first-order valence-corrected chi connectivity index (χ1v) is 7.46. The van der Waals surface area contributed by atoms with Gasteiger partial charge in [-0.05, 0) is 57.1 Å². The lowest BCUT2D eigenvalue weighted by atomic mass is 10.2. The lowest BCUT2D eigenvalue weighted by Crippen LogP contribution is -2.28. The molecular weight excluding hydrogens is 190 g/mol. The summed E-state index contributed by atoms with van der Waals surface area (Å²) >= 11 is 1.97. The van der Waals surface area contributed by atoms with Crippen LogP contribution in [-0.2, 0) is 0 Å². The van der Waals surface area contributed by atoms with Crippen LogP contribution >= 0.6 is 11.8 Å². The first-order valence-electron chi connectivity index (χ1n) is 6.07. The molecule has 1 saturated carbocycles. The van der Waals surface area contributed by atoms with E-state index in [1.807, 2.05) is 11.8 Å². The fourth-order valence-corrected chi connectivity index (χ4v) is 2.31. The zero-order valence-corrected chi connectivity index (χ0v) is 10.5. The standard InChI is InChI=1S/C12H25NS/c1-11(12-7-8-12)13-9-5-3-4-6-10-14-2/h11-13H,3-10H2,1-2H3. The summed E-state index contributed by atoms with van der Waals surface area (Å²) in [6.07, 6.45) is 10.7. The molecule has 1 nitrogen and oxygen atoms in total. The number of thioether (sulfide) groups is 1. The van der Waals surface area contributed by atoms with E-state index in [0.29, 0.717) is 0 Å². The van der Waals surface area contributed by atoms with Crippen molar-refractivity contribution in [3.63, 3.8) is 0 Å². The molecule has 1 rings (SSSR count). The average molecular weight is 215 g/mol. The maximum absolute atomic E-state index is 3.63. The minimum atomic E-state index is 0.779. The van der Waals surface area contributed by atoms with Gasteiger partial charge in [0.05, 0.1) is 0 Å². The van der Waals surface area contributed by atoms with E-state index >= 15 is 0 Å². The third kappa shape index (κ3) is 5.92. The highest BCUT2D eigenvalue weighted by atomic mass is 32.2. The lowest BCUT2D eigenvalue weighted by molar-refractivity contribution is 0.480. The summed E-state index contributed by atoms with van der Waals surface area (Å²) in [5, 5.41) is 3.63. The van der Waals surface area contributed by atoms with Gasteiger partial charge in [0.25, 0.3) is 0 Å². The molecule has 0 aromatic carbocycles. The van der Waals surface area contributed by atoms with Gasteiger partial charge in [0.2, 0.25) is 0 Å². The maximum atomic E-state index is 3.63. The SMILES string of the molecule is CSCCCCCCNC(C)C1CC1. The van der Waals surface area contributed by atoms with E-state index in [1.165, 1.54) is 50.8 Å². The minimum Gasteiger partial charge on any atom is -0.314 e. The van der Waals surface area contributed by atoms with Crippen molar-refractivity contribution in [3.05, 3.63) is 0 Å². The first kappa shape index (κ1) is 12.4. The molecule has 0 saturated heterocycles. The molecule has 14 heavy (non-hydrogen) atoms. The quantitative estimate of drug-likeness (QED) is 0.592. The van der Waals surface area contributed by atoms with Crippen LogP contribution in [0.25, 0.3) is 0 Å². The van der Waals surface area contributed by atoms with Crippen LogP contribution in [-0.4, -0.2) is 24.6 Å². The Morgan fingerprint density at radius 2 is 1.93 bits per heavy atom. The fourth-order valence-electron chi connectivity index (χ4n) is 1.82. The van der Waals surface area contributed by atoms with Crippen LogP contribution in [0.2, 0.25) is 0 Å². The highest BCUT2D eigenvalue weighted by Gasteiger charge is 2.26. The Morgan fingerprint density at radius 3 is 2.57 bits per heavy atom. The number of unbranched alkanes of at least 4 members (excludes halogenated alkanes) is 3. The molecule has 0 aliphatic heterocycles. The summed E-state index contributed by atoms with van der Waals surface area (Å²) in [5.74, 6) is 2.35. The van der Waals surface area contributed by atoms with Crippen molar-refractivity contribution in [2.24, 2.45) is 5.92 Å². The smallest absolute Gasteiger partial charge is 0.00669 e. The van der Waals surface area contributed by atoms with Gasteiger partial charge in [0.1, 0.15) is 0 Å². The third-order valence-corrected chi connectivity index (χ3v) is 3.77. The molecule has 0 amide bonds. The van der Waals surface area contributed by atoms with E-state index in [1.54, 1.807) is 0 Å².